The van der Waals surface area contributed by atoms with Gasteiger partial charge in [-0.3, -0.25) is 0 Å². The quantitative estimate of drug-likeness (QED) is 0.397. The van der Waals surface area contributed by atoms with Crippen molar-refractivity contribution < 1.29 is 34.0 Å². The average Bonchev–Trinajstić information content (AvgIpc) is 3.22. The van der Waals surface area contributed by atoms with Crippen molar-refractivity contribution in [3.8, 4) is 11.3 Å². The molecule has 0 spiro atoms. The molecule has 4 rings (SSSR count). The molecule has 5 N–H and O–H groups in total. The van der Waals surface area contributed by atoms with Crippen LogP contribution in [0.5, 0.6) is 0 Å². The minimum atomic E-state index is -1.46. The van der Waals surface area contributed by atoms with Gasteiger partial charge in [0.05, 0.1) is 12.9 Å². The van der Waals surface area contributed by atoms with Crippen LogP contribution in [-0.4, -0.2) is 57.7 Å². The SMILES string of the molecule is O=c1oc2cc(NC3C(O)OC(CO)[C@@H](O)[C@@H]3O)ccc2cc1-c1ccco1. The van der Waals surface area contributed by atoms with Gasteiger partial charge in [-0.05, 0) is 30.3 Å². The predicted molar refractivity (Wildman–Crippen MR) is 97.6 cm³/mol. The normalized spacial score (nSPS) is 27.8. The molecule has 3 heterocycles. The molecule has 0 bridgehead atoms. The molecule has 9 heteroatoms. The van der Waals surface area contributed by atoms with Crippen molar-refractivity contribution in [1.82, 2.24) is 0 Å². The first kappa shape index (κ1) is 18.7. The molecule has 0 saturated carbocycles. The summed E-state index contributed by atoms with van der Waals surface area (Å²) in [5.74, 6) is 0.399. The molecule has 9 nitrogen and oxygen atoms in total. The Kier molecular flexibility index (Phi) is 4.92. The molecule has 3 aromatic rings. The maximum atomic E-state index is 12.2. The standard InChI is InChI=1S/C19H19NO8/c21-8-14-16(22)17(23)15(19(25)28-14)20-10-4-3-9-6-11(12-2-1-5-26-12)18(24)27-13(9)7-10/h1-7,14-17,19-23,25H,8H2/t14?,15?,16-,17-,19?/m1/s1. The van der Waals surface area contributed by atoms with E-state index in [1.807, 2.05) is 0 Å². The fraction of sp³-hybridized carbons (Fsp3) is 0.316. The Labute approximate surface area is 158 Å². The van der Waals surface area contributed by atoms with E-state index in [0.717, 1.165) is 0 Å². The molecule has 1 aliphatic heterocycles. The highest BCUT2D eigenvalue weighted by Gasteiger charge is 2.43. The zero-order chi connectivity index (χ0) is 19.8. The molecule has 2 aromatic heterocycles. The molecule has 1 fully saturated rings. The largest absolute Gasteiger partial charge is 0.464 e. The second-order valence-corrected chi connectivity index (χ2v) is 6.58. The van der Waals surface area contributed by atoms with Crippen molar-refractivity contribution in [2.24, 2.45) is 0 Å². The summed E-state index contributed by atoms with van der Waals surface area (Å²) in [5, 5.41) is 42.9. The molecule has 28 heavy (non-hydrogen) atoms. The van der Waals surface area contributed by atoms with Crippen molar-refractivity contribution in [3.63, 3.8) is 0 Å². The second-order valence-electron chi connectivity index (χ2n) is 6.58. The zero-order valence-corrected chi connectivity index (χ0v) is 14.6. The molecule has 1 aromatic carbocycles. The van der Waals surface area contributed by atoms with Crippen LogP contribution < -0.4 is 10.9 Å². The molecular formula is C19H19NO8. The van der Waals surface area contributed by atoms with Crippen LogP contribution >= 0.6 is 0 Å². The Hall–Kier alpha value is -2.69. The summed E-state index contributed by atoms with van der Waals surface area (Å²) in [6.07, 6.45) is -3.84. The molecule has 1 saturated heterocycles. The van der Waals surface area contributed by atoms with Crippen LogP contribution in [0.3, 0.4) is 0 Å². The van der Waals surface area contributed by atoms with Crippen LogP contribution in [-0.2, 0) is 4.74 Å². The number of ether oxygens (including phenoxy) is 1. The fourth-order valence-corrected chi connectivity index (χ4v) is 3.25. The Balaban J connectivity index is 1.62. The van der Waals surface area contributed by atoms with Crippen molar-refractivity contribution in [1.29, 1.82) is 0 Å². The van der Waals surface area contributed by atoms with Crippen LogP contribution in [0.2, 0.25) is 0 Å². The van der Waals surface area contributed by atoms with E-state index in [1.165, 1.54) is 12.3 Å². The molecule has 1 aliphatic rings. The lowest BCUT2D eigenvalue weighted by Crippen LogP contribution is -2.61. The van der Waals surface area contributed by atoms with E-state index in [0.29, 0.717) is 28.0 Å². The molecular weight excluding hydrogens is 370 g/mol. The molecule has 5 atom stereocenters. The van der Waals surface area contributed by atoms with Gasteiger partial charge in [-0.25, -0.2) is 4.79 Å². The number of rotatable bonds is 4. The van der Waals surface area contributed by atoms with E-state index < -0.39 is 42.9 Å². The van der Waals surface area contributed by atoms with Gasteiger partial charge in [0.25, 0.3) is 0 Å². The van der Waals surface area contributed by atoms with Gasteiger partial charge in [-0.1, -0.05) is 0 Å². The third-order valence-electron chi connectivity index (χ3n) is 4.76. The number of hydrogen-bond donors (Lipinski definition) is 5. The Morgan fingerprint density at radius 1 is 1.07 bits per heavy atom. The number of furan rings is 1. The molecule has 148 valence electrons. The van der Waals surface area contributed by atoms with Gasteiger partial charge in [0.2, 0.25) is 0 Å². The summed E-state index contributed by atoms with van der Waals surface area (Å²) in [6, 6.07) is 8.82. The third-order valence-corrected chi connectivity index (χ3v) is 4.76. The van der Waals surface area contributed by atoms with Crippen LogP contribution in [0, 0.1) is 0 Å². The first-order valence-corrected chi connectivity index (χ1v) is 8.67. The summed E-state index contributed by atoms with van der Waals surface area (Å²) in [6.45, 7) is -0.541. The summed E-state index contributed by atoms with van der Waals surface area (Å²) in [4.78, 5) is 12.2. The van der Waals surface area contributed by atoms with Crippen molar-refractivity contribution in [2.45, 2.75) is 30.6 Å². The van der Waals surface area contributed by atoms with Crippen molar-refractivity contribution in [2.75, 3.05) is 11.9 Å². The summed E-state index contributed by atoms with van der Waals surface area (Å²) < 4.78 is 15.7. The summed E-state index contributed by atoms with van der Waals surface area (Å²) in [7, 11) is 0. The summed E-state index contributed by atoms with van der Waals surface area (Å²) in [5.41, 5.74) is 0.451. The average molecular weight is 389 g/mol. The number of nitrogens with one attached hydrogen (secondary N) is 1. The highest BCUT2D eigenvalue weighted by molar-refractivity contribution is 5.83. The van der Waals surface area contributed by atoms with E-state index in [-0.39, 0.29) is 0 Å². The maximum Gasteiger partial charge on any atom is 0.347 e. The molecule has 0 radical (unpaired) electrons. The minimum absolute atomic E-state index is 0.291. The van der Waals surface area contributed by atoms with Crippen molar-refractivity contribution in [3.05, 3.63) is 53.1 Å². The van der Waals surface area contributed by atoms with Gasteiger partial charge in [0.15, 0.2) is 6.29 Å². The Morgan fingerprint density at radius 3 is 2.61 bits per heavy atom. The van der Waals surface area contributed by atoms with Gasteiger partial charge in [-0.2, -0.15) is 0 Å². The summed E-state index contributed by atoms with van der Waals surface area (Å²) >= 11 is 0. The number of aliphatic hydroxyl groups excluding tert-OH is 4. The minimum Gasteiger partial charge on any atom is -0.464 e. The van der Waals surface area contributed by atoms with Crippen LogP contribution in [0.4, 0.5) is 5.69 Å². The van der Waals surface area contributed by atoms with E-state index in [2.05, 4.69) is 5.32 Å². The third kappa shape index (κ3) is 3.30. The molecule has 3 unspecified atom stereocenters. The van der Waals surface area contributed by atoms with Crippen LogP contribution in [0.15, 0.2) is 56.3 Å². The number of anilines is 1. The fourth-order valence-electron chi connectivity index (χ4n) is 3.25. The first-order valence-electron chi connectivity index (χ1n) is 8.67. The Morgan fingerprint density at radius 2 is 1.89 bits per heavy atom. The maximum absolute atomic E-state index is 12.2. The van der Waals surface area contributed by atoms with Gasteiger partial charge in [-0.15, -0.1) is 0 Å². The van der Waals surface area contributed by atoms with E-state index >= 15 is 0 Å². The highest BCUT2D eigenvalue weighted by atomic mass is 16.6. The van der Waals surface area contributed by atoms with Gasteiger partial charge in [0.1, 0.15) is 41.3 Å². The highest BCUT2D eigenvalue weighted by Crippen LogP contribution is 2.27. The monoisotopic (exact) mass is 389 g/mol. The predicted octanol–water partition coefficient (Wildman–Crippen LogP) is 0.265. The number of hydrogen-bond acceptors (Lipinski definition) is 9. The topological polar surface area (TPSA) is 146 Å². The van der Waals surface area contributed by atoms with Gasteiger partial charge in [0, 0.05) is 17.1 Å². The Bertz CT molecular complexity index is 1010. The van der Waals surface area contributed by atoms with Crippen LogP contribution in [0.25, 0.3) is 22.3 Å². The van der Waals surface area contributed by atoms with Gasteiger partial charge >= 0.3 is 5.63 Å². The second kappa shape index (κ2) is 7.38. The smallest absolute Gasteiger partial charge is 0.347 e. The number of fused-ring (bicyclic) bond motifs is 1. The lowest BCUT2D eigenvalue weighted by atomic mass is 9.97. The van der Waals surface area contributed by atoms with E-state index in [4.69, 9.17) is 18.7 Å². The molecule has 0 amide bonds. The number of benzene rings is 1. The van der Waals surface area contributed by atoms with E-state index in [9.17, 15) is 20.1 Å². The lowest BCUT2D eigenvalue weighted by molar-refractivity contribution is -0.245. The first-order chi connectivity index (χ1) is 13.5. The molecule has 0 aliphatic carbocycles. The number of aliphatic hydroxyl groups is 4. The van der Waals surface area contributed by atoms with Gasteiger partial charge < -0.3 is 39.3 Å². The zero-order valence-electron chi connectivity index (χ0n) is 14.6. The van der Waals surface area contributed by atoms with Crippen LogP contribution in [0.1, 0.15) is 0 Å². The lowest BCUT2D eigenvalue weighted by Gasteiger charge is -2.40. The van der Waals surface area contributed by atoms with E-state index in [1.54, 1.807) is 30.3 Å². The van der Waals surface area contributed by atoms with Crippen molar-refractivity contribution >= 4 is 16.7 Å².